The van der Waals surface area contributed by atoms with E-state index >= 15 is 0 Å². The molecule has 98 valence electrons. The van der Waals surface area contributed by atoms with Gasteiger partial charge in [0, 0.05) is 4.90 Å². The molecule has 0 radical (unpaired) electrons. The van der Waals surface area contributed by atoms with Crippen molar-refractivity contribution in [2.75, 3.05) is 0 Å². The summed E-state index contributed by atoms with van der Waals surface area (Å²) in [7, 11) is -1.22. The highest BCUT2D eigenvalue weighted by Crippen LogP contribution is 2.34. The fourth-order valence-electron chi connectivity index (χ4n) is 2.43. The molecule has 1 aliphatic rings. The molecule has 0 fully saturated rings. The molecule has 1 aliphatic heterocycles. The zero-order chi connectivity index (χ0) is 13.4. The van der Waals surface area contributed by atoms with Crippen molar-refractivity contribution >= 4 is 10.8 Å². The van der Waals surface area contributed by atoms with Gasteiger partial charge < -0.3 is 5.11 Å². The average molecular weight is 276 g/mol. The van der Waals surface area contributed by atoms with E-state index in [4.69, 9.17) is 0 Å². The van der Waals surface area contributed by atoms with Crippen LogP contribution in [-0.2, 0) is 17.2 Å². The number of hydrogen-bond acceptors (Lipinski definition) is 2. The Morgan fingerprint density at radius 2 is 1.84 bits per heavy atom. The number of benzene rings is 2. The van der Waals surface area contributed by atoms with Crippen molar-refractivity contribution in [2.24, 2.45) is 0 Å². The maximum atomic E-state index is 12.9. The molecule has 1 unspecified atom stereocenters. The van der Waals surface area contributed by atoms with E-state index in [1.165, 1.54) is 12.1 Å². The molecule has 2 aromatic rings. The van der Waals surface area contributed by atoms with Gasteiger partial charge in [0.15, 0.2) is 0 Å². The molecule has 3 atom stereocenters. The molecule has 1 heterocycles. The van der Waals surface area contributed by atoms with E-state index < -0.39 is 16.9 Å². The number of hydrogen-bond donors (Lipinski definition) is 1. The second-order valence-corrected chi connectivity index (χ2v) is 6.28. The second kappa shape index (κ2) is 4.87. The first-order valence-corrected chi connectivity index (χ1v) is 7.30. The Kier molecular flexibility index (Phi) is 3.21. The molecule has 0 aliphatic carbocycles. The number of halogens is 1. The van der Waals surface area contributed by atoms with Crippen LogP contribution in [0.1, 0.15) is 17.2 Å². The van der Waals surface area contributed by atoms with Gasteiger partial charge in [-0.2, -0.15) is 0 Å². The zero-order valence-corrected chi connectivity index (χ0v) is 10.9. The van der Waals surface area contributed by atoms with E-state index in [0.717, 1.165) is 10.5 Å². The van der Waals surface area contributed by atoms with Gasteiger partial charge in [0.05, 0.1) is 22.2 Å². The van der Waals surface area contributed by atoms with Gasteiger partial charge >= 0.3 is 0 Å². The van der Waals surface area contributed by atoms with E-state index in [1.807, 2.05) is 24.3 Å². The first kappa shape index (κ1) is 12.5. The lowest BCUT2D eigenvalue weighted by atomic mass is 10.0. The molecular weight excluding hydrogens is 263 g/mol. The summed E-state index contributed by atoms with van der Waals surface area (Å²) in [6.07, 6.45) is -0.254. The Balaban J connectivity index is 1.89. The van der Waals surface area contributed by atoms with Crippen LogP contribution in [0.3, 0.4) is 0 Å². The van der Waals surface area contributed by atoms with Crippen LogP contribution in [-0.4, -0.2) is 14.6 Å². The molecule has 3 rings (SSSR count). The Morgan fingerprint density at radius 1 is 1.16 bits per heavy atom. The molecule has 0 amide bonds. The van der Waals surface area contributed by atoms with Crippen LogP contribution in [0.15, 0.2) is 53.4 Å². The smallest absolute Gasteiger partial charge is 0.123 e. The van der Waals surface area contributed by atoms with Crippen LogP contribution in [0.2, 0.25) is 0 Å². The van der Waals surface area contributed by atoms with Crippen LogP contribution in [0.25, 0.3) is 0 Å². The van der Waals surface area contributed by atoms with E-state index in [2.05, 4.69) is 0 Å². The minimum Gasteiger partial charge on any atom is -0.387 e. The Morgan fingerprint density at radius 3 is 2.53 bits per heavy atom. The summed E-state index contributed by atoms with van der Waals surface area (Å²) in [4.78, 5) is 0.800. The standard InChI is InChI=1S/C15H13FO2S/c16-12-7-5-10(6-8-12)15(17)14-9-11-3-1-2-4-13(11)19(14)18/h1-8,14-15,17H,9H2/t14-,15-,19?/m0/s1. The van der Waals surface area contributed by atoms with Crippen molar-refractivity contribution < 1.29 is 13.7 Å². The third-order valence-corrected chi connectivity index (χ3v) is 5.26. The number of rotatable bonds is 2. The lowest BCUT2D eigenvalue weighted by Crippen LogP contribution is -2.21. The van der Waals surface area contributed by atoms with Crippen molar-refractivity contribution in [3.05, 3.63) is 65.5 Å². The third-order valence-electron chi connectivity index (χ3n) is 3.45. The summed E-state index contributed by atoms with van der Waals surface area (Å²) in [6, 6.07) is 13.2. The van der Waals surface area contributed by atoms with E-state index in [0.29, 0.717) is 12.0 Å². The van der Waals surface area contributed by atoms with Crippen LogP contribution < -0.4 is 0 Å². The van der Waals surface area contributed by atoms with E-state index in [1.54, 1.807) is 12.1 Å². The van der Waals surface area contributed by atoms with Gasteiger partial charge in [0.1, 0.15) is 5.82 Å². The van der Waals surface area contributed by atoms with Crippen molar-refractivity contribution in [1.82, 2.24) is 0 Å². The van der Waals surface area contributed by atoms with Crippen LogP contribution in [0.5, 0.6) is 0 Å². The van der Waals surface area contributed by atoms with Gasteiger partial charge in [-0.25, -0.2) is 4.39 Å². The van der Waals surface area contributed by atoms with E-state index in [9.17, 15) is 13.7 Å². The summed E-state index contributed by atoms with van der Waals surface area (Å²) in [6.45, 7) is 0. The van der Waals surface area contributed by atoms with Gasteiger partial charge in [-0.15, -0.1) is 0 Å². The molecule has 19 heavy (non-hydrogen) atoms. The van der Waals surface area contributed by atoms with Gasteiger partial charge in [-0.1, -0.05) is 30.3 Å². The van der Waals surface area contributed by atoms with Crippen molar-refractivity contribution in [3.63, 3.8) is 0 Å². The summed E-state index contributed by atoms with van der Waals surface area (Å²) in [5.74, 6) is -0.341. The number of aliphatic hydroxyl groups excluding tert-OH is 1. The number of aliphatic hydroxyl groups is 1. The van der Waals surface area contributed by atoms with Crippen LogP contribution >= 0.6 is 0 Å². The van der Waals surface area contributed by atoms with Crippen molar-refractivity contribution in [2.45, 2.75) is 22.7 Å². The predicted octanol–water partition coefficient (Wildman–Crippen LogP) is 2.59. The normalized spacial score (nSPS) is 23.1. The van der Waals surface area contributed by atoms with Crippen molar-refractivity contribution in [3.8, 4) is 0 Å². The fraction of sp³-hybridized carbons (Fsp3) is 0.200. The summed E-state index contributed by atoms with van der Waals surface area (Å²) >= 11 is 0. The first-order chi connectivity index (χ1) is 9.16. The monoisotopic (exact) mass is 276 g/mol. The van der Waals surface area contributed by atoms with Crippen LogP contribution in [0, 0.1) is 5.82 Å². The van der Waals surface area contributed by atoms with Crippen LogP contribution in [0.4, 0.5) is 4.39 Å². The fourth-order valence-corrected chi connectivity index (χ4v) is 4.10. The van der Waals surface area contributed by atoms with Gasteiger partial charge in [0.2, 0.25) is 0 Å². The highest BCUT2D eigenvalue weighted by Gasteiger charge is 2.34. The van der Waals surface area contributed by atoms with E-state index in [-0.39, 0.29) is 11.1 Å². The first-order valence-electron chi connectivity index (χ1n) is 6.09. The molecular formula is C15H13FO2S. The maximum Gasteiger partial charge on any atom is 0.123 e. The summed E-state index contributed by atoms with van der Waals surface area (Å²) in [5.41, 5.74) is 1.62. The second-order valence-electron chi connectivity index (χ2n) is 4.64. The molecule has 0 saturated heterocycles. The maximum absolute atomic E-state index is 12.9. The zero-order valence-electron chi connectivity index (χ0n) is 10.1. The Bertz CT molecular complexity index is 624. The third kappa shape index (κ3) is 2.22. The molecule has 2 nitrogen and oxygen atoms in total. The van der Waals surface area contributed by atoms with Gasteiger partial charge in [-0.3, -0.25) is 4.21 Å². The molecule has 0 saturated carbocycles. The van der Waals surface area contributed by atoms with Gasteiger partial charge in [0.25, 0.3) is 0 Å². The molecule has 4 heteroatoms. The Hall–Kier alpha value is -1.52. The summed E-state index contributed by atoms with van der Waals surface area (Å²) in [5, 5.41) is 9.98. The SMILES string of the molecule is O=S1c2ccccc2C[C@H]1[C@@H](O)c1ccc(F)cc1. The molecule has 1 N–H and O–H groups in total. The van der Waals surface area contributed by atoms with Gasteiger partial charge in [-0.05, 0) is 35.7 Å². The predicted molar refractivity (Wildman–Crippen MR) is 71.7 cm³/mol. The highest BCUT2D eigenvalue weighted by molar-refractivity contribution is 7.86. The summed E-state index contributed by atoms with van der Waals surface area (Å²) < 4.78 is 25.2. The molecule has 0 spiro atoms. The lowest BCUT2D eigenvalue weighted by molar-refractivity contribution is 0.173. The lowest BCUT2D eigenvalue weighted by Gasteiger charge is -2.17. The molecule has 2 aromatic carbocycles. The minimum absolute atomic E-state index is 0.341. The average Bonchev–Trinajstić information content (AvgIpc) is 2.77. The van der Waals surface area contributed by atoms with Crippen molar-refractivity contribution in [1.29, 1.82) is 0 Å². The number of fused-ring (bicyclic) bond motifs is 1. The topological polar surface area (TPSA) is 37.3 Å². The minimum atomic E-state index is -1.22. The largest absolute Gasteiger partial charge is 0.387 e. The molecule has 0 aromatic heterocycles. The quantitative estimate of drug-likeness (QED) is 0.915. The molecule has 0 bridgehead atoms. The highest BCUT2D eigenvalue weighted by atomic mass is 32.2. The Labute approximate surface area is 113 Å².